The number of anilines is 1. The molecule has 7 nitrogen and oxygen atoms in total. The van der Waals surface area contributed by atoms with Gasteiger partial charge in [0, 0.05) is 33.8 Å². The van der Waals surface area contributed by atoms with E-state index in [0.29, 0.717) is 17.6 Å². The molecule has 168 valence electrons. The van der Waals surface area contributed by atoms with E-state index in [0.717, 1.165) is 32.7 Å². The first-order valence-electron chi connectivity index (χ1n) is 10.3. The number of hydrogen-bond acceptors (Lipinski definition) is 6. The van der Waals surface area contributed by atoms with Crippen molar-refractivity contribution < 1.29 is 9.53 Å². The van der Waals surface area contributed by atoms with Gasteiger partial charge in [0.15, 0.2) is 11.0 Å². The average molecular weight is 524 g/mol. The number of carbonyl (C=O) groups is 1. The Morgan fingerprint density at radius 3 is 2.55 bits per heavy atom. The number of rotatable bonds is 8. The Kier molecular flexibility index (Phi) is 7.41. The summed E-state index contributed by atoms with van der Waals surface area (Å²) in [7, 11) is 0. The van der Waals surface area contributed by atoms with Crippen molar-refractivity contribution in [2.75, 3.05) is 17.7 Å². The van der Waals surface area contributed by atoms with E-state index in [1.54, 1.807) is 12.4 Å². The second-order valence-corrected chi connectivity index (χ2v) is 8.96. The van der Waals surface area contributed by atoms with Crippen LogP contribution in [0.1, 0.15) is 12.5 Å². The van der Waals surface area contributed by atoms with Crippen LogP contribution in [0.25, 0.3) is 17.1 Å². The summed E-state index contributed by atoms with van der Waals surface area (Å²) < 4.78 is 8.48. The monoisotopic (exact) mass is 523 g/mol. The zero-order valence-electron chi connectivity index (χ0n) is 18.2. The third-order valence-electron chi connectivity index (χ3n) is 4.77. The highest BCUT2D eigenvalue weighted by atomic mass is 79.9. The molecule has 0 aliphatic heterocycles. The van der Waals surface area contributed by atoms with Crippen LogP contribution < -0.4 is 10.1 Å². The molecule has 9 heteroatoms. The molecule has 0 saturated carbocycles. The number of benzene rings is 2. The Bertz CT molecular complexity index is 1250. The van der Waals surface area contributed by atoms with Crippen molar-refractivity contribution in [1.29, 1.82) is 0 Å². The third kappa shape index (κ3) is 5.61. The molecule has 2 heterocycles. The summed E-state index contributed by atoms with van der Waals surface area (Å²) in [4.78, 5) is 16.7. The van der Waals surface area contributed by atoms with Gasteiger partial charge in [-0.15, -0.1) is 10.2 Å². The third-order valence-corrected chi connectivity index (χ3v) is 6.19. The number of nitrogens with zero attached hydrogens (tertiary/aromatic N) is 4. The van der Waals surface area contributed by atoms with Gasteiger partial charge in [0.25, 0.3) is 0 Å². The minimum Gasteiger partial charge on any atom is -0.494 e. The predicted molar refractivity (Wildman–Crippen MR) is 134 cm³/mol. The van der Waals surface area contributed by atoms with E-state index in [1.165, 1.54) is 11.8 Å². The van der Waals surface area contributed by atoms with E-state index in [1.807, 2.05) is 73.0 Å². The molecule has 0 aliphatic carbocycles. The van der Waals surface area contributed by atoms with Crippen LogP contribution in [0.5, 0.6) is 5.75 Å². The molecule has 1 amide bonds. The summed E-state index contributed by atoms with van der Waals surface area (Å²) in [5.74, 6) is 1.55. The molecule has 0 atom stereocenters. The second kappa shape index (κ2) is 10.6. The van der Waals surface area contributed by atoms with Crippen LogP contribution in [0.15, 0.2) is 76.6 Å². The molecule has 0 bridgehead atoms. The Labute approximate surface area is 204 Å². The van der Waals surface area contributed by atoms with Gasteiger partial charge in [-0.1, -0.05) is 27.7 Å². The van der Waals surface area contributed by atoms with E-state index in [-0.39, 0.29) is 11.7 Å². The van der Waals surface area contributed by atoms with Crippen LogP contribution in [-0.2, 0) is 4.79 Å². The number of nitrogens with one attached hydrogen (secondary N) is 1. The van der Waals surface area contributed by atoms with Gasteiger partial charge in [-0.05, 0) is 74.0 Å². The zero-order valence-corrected chi connectivity index (χ0v) is 20.6. The number of amides is 1. The van der Waals surface area contributed by atoms with E-state index in [9.17, 15) is 4.79 Å². The van der Waals surface area contributed by atoms with E-state index < -0.39 is 0 Å². The standard InChI is InChI=1S/C24H22BrN5O2S/c1-3-32-20-7-5-19(6-8-20)30-23(17-10-12-26-13-11-17)28-29-24(30)33-15-22(31)27-21-9-4-18(25)14-16(21)2/h4-14H,3,15H2,1-2H3,(H,27,31). The molecule has 33 heavy (non-hydrogen) atoms. The molecule has 4 rings (SSSR count). The molecule has 0 spiro atoms. The van der Waals surface area contributed by atoms with E-state index in [2.05, 4.69) is 36.4 Å². The van der Waals surface area contributed by atoms with Crippen molar-refractivity contribution in [3.05, 3.63) is 77.0 Å². The second-order valence-electron chi connectivity index (χ2n) is 7.10. The zero-order chi connectivity index (χ0) is 23.2. The Morgan fingerprint density at radius 2 is 1.85 bits per heavy atom. The summed E-state index contributed by atoms with van der Waals surface area (Å²) in [6.45, 7) is 4.50. The number of carbonyl (C=O) groups excluding carboxylic acids is 1. The quantitative estimate of drug-likeness (QED) is 0.306. The molecule has 0 radical (unpaired) electrons. The highest BCUT2D eigenvalue weighted by Gasteiger charge is 2.18. The fourth-order valence-electron chi connectivity index (χ4n) is 3.23. The molecule has 0 saturated heterocycles. The molecule has 2 aromatic carbocycles. The van der Waals surface area contributed by atoms with Crippen LogP contribution in [0.3, 0.4) is 0 Å². The van der Waals surface area contributed by atoms with Gasteiger partial charge in [-0.3, -0.25) is 14.3 Å². The van der Waals surface area contributed by atoms with Crippen molar-refractivity contribution in [2.24, 2.45) is 0 Å². The highest BCUT2D eigenvalue weighted by molar-refractivity contribution is 9.10. The smallest absolute Gasteiger partial charge is 0.234 e. The van der Waals surface area contributed by atoms with E-state index in [4.69, 9.17) is 4.74 Å². The van der Waals surface area contributed by atoms with Gasteiger partial charge < -0.3 is 10.1 Å². The van der Waals surface area contributed by atoms with Gasteiger partial charge in [0.05, 0.1) is 12.4 Å². The van der Waals surface area contributed by atoms with Crippen LogP contribution >= 0.6 is 27.7 Å². The molecule has 1 N–H and O–H groups in total. The number of pyridine rings is 1. The van der Waals surface area contributed by atoms with E-state index >= 15 is 0 Å². The first kappa shape index (κ1) is 23.0. The fraction of sp³-hybridized carbons (Fsp3) is 0.167. The normalized spacial score (nSPS) is 10.8. The molecular weight excluding hydrogens is 502 g/mol. The average Bonchev–Trinajstić information content (AvgIpc) is 3.25. The molecule has 0 unspecified atom stereocenters. The fourth-order valence-corrected chi connectivity index (χ4v) is 4.45. The van der Waals surface area contributed by atoms with Gasteiger partial charge in [-0.25, -0.2) is 0 Å². The van der Waals surface area contributed by atoms with Gasteiger partial charge in [0.2, 0.25) is 5.91 Å². The lowest BCUT2D eigenvalue weighted by atomic mass is 10.2. The first-order valence-corrected chi connectivity index (χ1v) is 12.1. The van der Waals surface area contributed by atoms with Crippen molar-refractivity contribution in [1.82, 2.24) is 19.7 Å². The summed E-state index contributed by atoms with van der Waals surface area (Å²) in [5.41, 5.74) is 3.53. The summed E-state index contributed by atoms with van der Waals surface area (Å²) in [5, 5.41) is 12.4. The number of thioether (sulfide) groups is 1. The van der Waals surface area contributed by atoms with Gasteiger partial charge >= 0.3 is 0 Å². The van der Waals surface area contributed by atoms with Crippen LogP contribution in [0.2, 0.25) is 0 Å². The van der Waals surface area contributed by atoms with Crippen LogP contribution in [0.4, 0.5) is 5.69 Å². The van der Waals surface area contributed by atoms with Crippen LogP contribution in [0, 0.1) is 6.92 Å². The number of hydrogen-bond donors (Lipinski definition) is 1. The van der Waals surface area contributed by atoms with Crippen LogP contribution in [-0.4, -0.2) is 38.0 Å². The first-order chi connectivity index (χ1) is 16.0. The topological polar surface area (TPSA) is 81.9 Å². The summed E-state index contributed by atoms with van der Waals surface area (Å²) in [6.07, 6.45) is 3.43. The Morgan fingerprint density at radius 1 is 1.09 bits per heavy atom. The van der Waals surface area contributed by atoms with Crippen molar-refractivity contribution in [3.8, 4) is 22.8 Å². The lowest BCUT2D eigenvalue weighted by Gasteiger charge is -2.12. The molecule has 0 fully saturated rings. The Hall–Kier alpha value is -3.17. The number of ether oxygens (including phenoxy) is 1. The maximum Gasteiger partial charge on any atom is 0.234 e. The van der Waals surface area contributed by atoms with Crippen molar-refractivity contribution >= 4 is 39.3 Å². The molecule has 0 aliphatic rings. The molecule has 2 aromatic heterocycles. The Balaban J connectivity index is 1.58. The minimum atomic E-state index is -0.114. The molecule has 4 aromatic rings. The summed E-state index contributed by atoms with van der Waals surface area (Å²) in [6, 6.07) is 17.2. The maximum absolute atomic E-state index is 12.6. The number of aryl methyl sites for hydroxylation is 1. The largest absolute Gasteiger partial charge is 0.494 e. The SMILES string of the molecule is CCOc1ccc(-n2c(SCC(=O)Nc3ccc(Br)cc3C)nnc2-c2ccncc2)cc1. The minimum absolute atomic E-state index is 0.114. The summed E-state index contributed by atoms with van der Waals surface area (Å²) >= 11 is 4.77. The highest BCUT2D eigenvalue weighted by Crippen LogP contribution is 2.29. The maximum atomic E-state index is 12.6. The van der Waals surface area contributed by atoms with Gasteiger partial charge in [-0.2, -0.15) is 0 Å². The van der Waals surface area contributed by atoms with Crippen molar-refractivity contribution in [3.63, 3.8) is 0 Å². The lowest BCUT2D eigenvalue weighted by molar-refractivity contribution is -0.113. The lowest BCUT2D eigenvalue weighted by Crippen LogP contribution is -2.15. The number of halogens is 1. The predicted octanol–water partition coefficient (Wildman–Crippen LogP) is 5.53. The number of aromatic nitrogens is 4. The molecular formula is C24H22BrN5O2S. The van der Waals surface area contributed by atoms with Crippen molar-refractivity contribution in [2.45, 2.75) is 19.0 Å². The van der Waals surface area contributed by atoms with Gasteiger partial charge in [0.1, 0.15) is 5.75 Å².